The molecule has 106 valence electrons. The van der Waals surface area contributed by atoms with Gasteiger partial charge in [0.05, 0.1) is 5.52 Å². The van der Waals surface area contributed by atoms with Crippen LogP contribution in [0.2, 0.25) is 0 Å². The number of aryl methyl sites for hydroxylation is 1. The van der Waals surface area contributed by atoms with Crippen LogP contribution in [0.15, 0.2) is 36.5 Å². The fraction of sp³-hybridized carbons (Fsp3) is 0.133. The maximum absolute atomic E-state index is 5.48. The van der Waals surface area contributed by atoms with E-state index in [1.807, 2.05) is 44.2 Å². The maximum Gasteiger partial charge on any atom is 0.148 e. The third-order valence-electron chi connectivity index (χ3n) is 3.26. The highest BCUT2D eigenvalue weighted by Crippen LogP contribution is 2.24. The Morgan fingerprint density at radius 3 is 2.67 bits per heavy atom. The standard InChI is InChI=1S/C15H16N6/c1-9-14(18-10(2)19-15(9)21-16)20-12-5-6-13-11(8-12)4-3-7-17-13/h3-8H,16H2,1-2H3,(H2,18,19,20,21). The van der Waals surface area contributed by atoms with Gasteiger partial charge in [-0.1, -0.05) is 6.07 Å². The van der Waals surface area contributed by atoms with Crippen molar-refractivity contribution in [1.82, 2.24) is 15.0 Å². The second-order valence-corrected chi connectivity index (χ2v) is 4.77. The lowest BCUT2D eigenvalue weighted by atomic mass is 10.2. The predicted octanol–water partition coefficient (Wildman–Crippen LogP) is 2.67. The second kappa shape index (κ2) is 5.34. The molecule has 0 radical (unpaired) electrons. The topological polar surface area (TPSA) is 88.8 Å². The molecule has 21 heavy (non-hydrogen) atoms. The smallest absolute Gasteiger partial charge is 0.148 e. The molecule has 2 heterocycles. The number of anilines is 3. The van der Waals surface area contributed by atoms with E-state index >= 15 is 0 Å². The lowest BCUT2D eigenvalue weighted by Gasteiger charge is -2.12. The molecule has 0 fully saturated rings. The van der Waals surface area contributed by atoms with Crippen LogP contribution in [0.3, 0.4) is 0 Å². The maximum atomic E-state index is 5.48. The first-order chi connectivity index (χ1) is 10.2. The number of nitrogens with two attached hydrogens (primary N) is 1. The molecule has 3 rings (SSSR count). The molecular weight excluding hydrogens is 264 g/mol. The molecule has 0 aliphatic rings. The van der Waals surface area contributed by atoms with Crippen molar-refractivity contribution in [1.29, 1.82) is 0 Å². The van der Waals surface area contributed by atoms with Crippen molar-refractivity contribution in [2.24, 2.45) is 5.84 Å². The van der Waals surface area contributed by atoms with E-state index in [-0.39, 0.29) is 0 Å². The zero-order valence-corrected chi connectivity index (χ0v) is 11.9. The molecule has 4 N–H and O–H groups in total. The van der Waals surface area contributed by atoms with Crippen LogP contribution in [0, 0.1) is 13.8 Å². The summed E-state index contributed by atoms with van der Waals surface area (Å²) in [5, 5.41) is 4.38. The Balaban J connectivity index is 2.00. The molecule has 0 unspecified atom stereocenters. The molecule has 0 atom stereocenters. The van der Waals surface area contributed by atoms with Crippen molar-refractivity contribution in [3.8, 4) is 0 Å². The van der Waals surface area contributed by atoms with E-state index in [0.717, 1.165) is 28.0 Å². The number of nitrogens with one attached hydrogen (secondary N) is 2. The Kier molecular flexibility index (Phi) is 3.37. The number of pyridine rings is 1. The predicted molar refractivity (Wildman–Crippen MR) is 84.3 cm³/mol. The summed E-state index contributed by atoms with van der Waals surface area (Å²) in [6.45, 7) is 3.75. The Morgan fingerprint density at radius 1 is 1.05 bits per heavy atom. The van der Waals surface area contributed by atoms with Crippen molar-refractivity contribution in [3.05, 3.63) is 47.9 Å². The van der Waals surface area contributed by atoms with Crippen LogP contribution in [0.25, 0.3) is 10.9 Å². The summed E-state index contributed by atoms with van der Waals surface area (Å²) in [7, 11) is 0. The van der Waals surface area contributed by atoms with Gasteiger partial charge in [0.1, 0.15) is 17.5 Å². The average molecular weight is 280 g/mol. The van der Waals surface area contributed by atoms with E-state index in [1.165, 1.54) is 0 Å². The van der Waals surface area contributed by atoms with Gasteiger partial charge in [-0.15, -0.1) is 0 Å². The third-order valence-corrected chi connectivity index (χ3v) is 3.26. The van der Waals surface area contributed by atoms with Crippen LogP contribution < -0.4 is 16.6 Å². The number of benzene rings is 1. The molecule has 0 spiro atoms. The number of fused-ring (bicyclic) bond motifs is 1. The molecule has 0 aliphatic carbocycles. The Bertz CT molecular complexity index is 799. The lowest BCUT2D eigenvalue weighted by molar-refractivity contribution is 1.03. The first-order valence-corrected chi connectivity index (χ1v) is 6.61. The summed E-state index contributed by atoms with van der Waals surface area (Å²) in [5.41, 5.74) is 5.37. The number of rotatable bonds is 3. The molecule has 2 aromatic heterocycles. The van der Waals surface area contributed by atoms with Crippen LogP contribution >= 0.6 is 0 Å². The zero-order valence-electron chi connectivity index (χ0n) is 11.9. The number of hydrogen-bond donors (Lipinski definition) is 3. The van der Waals surface area contributed by atoms with Crippen LogP contribution in [0.5, 0.6) is 0 Å². The molecule has 6 heteroatoms. The van der Waals surface area contributed by atoms with Gasteiger partial charge in [-0.2, -0.15) is 0 Å². The number of hydrazine groups is 1. The van der Waals surface area contributed by atoms with Crippen molar-refractivity contribution in [3.63, 3.8) is 0 Å². The van der Waals surface area contributed by atoms with Gasteiger partial charge in [-0.3, -0.25) is 4.98 Å². The summed E-state index contributed by atoms with van der Waals surface area (Å²) in [6.07, 6.45) is 1.78. The highest BCUT2D eigenvalue weighted by Gasteiger charge is 2.08. The molecule has 3 aromatic rings. The Hall–Kier alpha value is -2.73. The van der Waals surface area contributed by atoms with Gasteiger partial charge in [0.15, 0.2) is 0 Å². The van der Waals surface area contributed by atoms with Crippen LogP contribution in [-0.4, -0.2) is 15.0 Å². The van der Waals surface area contributed by atoms with Crippen LogP contribution in [0.4, 0.5) is 17.3 Å². The van der Waals surface area contributed by atoms with E-state index < -0.39 is 0 Å². The lowest BCUT2D eigenvalue weighted by Crippen LogP contribution is -2.13. The minimum Gasteiger partial charge on any atom is -0.340 e. The van der Waals surface area contributed by atoms with E-state index in [1.54, 1.807) is 6.20 Å². The van der Waals surface area contributed by atoms with Crippen LogP contribution in [0.1, 0.15) is 11.4 Å². The quantitative estimate of drug-likeness (QED) is 0.505. The van der Waals surface area contributed by atoms with Gasteiger partial charge in [0.2, 0.25) is 0 Å². The molecule has 6 nitrogen and oxygen atoms in total. The minimum absolute atomic E-state index is 0.618. The normalized spacial score (nSPS) is 10.6. The zero-order chi connectivity index (χ0) is 14.8. The minimum atomic E-state index is 0.618. The molecular formula is C15H16N6. The van der Waals surface area contributed by atoms with Crippen LogP contribution in [-0.2, 0) is 0 Å². The molecule has 0 aliphatic heterocycles. The van der Waals surface area contributed by atoms with Gasteiger partial charge in [-0.25, -0.2) is 15.8 Å². The van der Waals surface area contributed by atoms with Crippen molar-refractivity contribution in [2.75, 3.05) is 10.7 Å². The SMILES string of the molecule is Cc1nc(NN)c(C)c(Nc2ccc3ncccc3c2)n1. The summed E-state index contributed by atoms with van der Waals surface area (Å²) in [6, 6.07) is 9.93. The van der Waals surface area contributed by atoms with E-state index in [4.69, 9.17) is 5.84 Å². The highest BCUT2D eigenvalue weighted by atomic mass is 15.3. The molecule has 0 saturated heterocycles. The Morgan fingerprint density at radius 2 is 1.86 bits per heavy atom. The highest BCUT2D eigenvalue weighted by molar-refractivity contribution is 5.83. The first-order valence-electron chi connectivity index (χ1n) is 6.61. The van der Waals surface area contributed by atoms with Gasteiger partial charge in [0, 0.05) is 22.8 Å². The first kappa shape index (κ1) is 13.3. The van der Waals surface area contributed by atoms with Gasteiger partial charge in [-0.05, 0) is 38.1 Å². The summed E-state index contributed by atoms with van der Waals surface area (Å²) in [5.74, 6) is 7.48. The van der Waals surface area contributed by atoms with Gasteiger partial charge < -0.3 is 10.7 Å². The summed E-state index contributed by atoms with van der Waals surface area (Å²) in [4.78, 5) is 13.0. The van der Waals surface area contributed by atoms with Crippen molar-refractivity contribution >= 4 is 28.2 Å². The second-order valence-electron chi connectivity index (χ2n) is 4.77. The molecule has 0 saturated carbocycles. The summed E-state index contributed by atoms with van der Waals surface area (Å²) >= 11 is 0. The fourth-order valence-corrected chi connectivity index (χ4v) is 2.18. The van der Waals surface area contributed by atoms with Crippen molar-refractivity contribution < 1.29 is 0 Å². The number of aromatic nitrogens is 3. The molecule has 1 aromatic carbocycles. The van der Waals surface area contributed by atoms with E-state index in [0.29, 0.717) is 11.6 Å². The van der Waals surface area contributed by atoms with Gasteiger partial charge >= 0.3 is 0 Å². The van der Waals surface area contributed by atoms with E-state index in [9.17, 15) is 0 Å². The molecule has 0 amide bonds. The fourth-order valence-electron chi connectivity index (χ4n) is 2.18. The average Bonchev–Trinajstić information content (AvgIpc) is 2.50. The Labute approximate surface area is 122 Å². The number of nitrogen functional groups attached to an aromatic ring is 1. The third kappa shape index (κ3) is 2.61. The van der Waals surface area contributed by atoms with Crippen molar-refractivity contribution in [2.45, 2.75) is 13.8 Å². The monoisotopic (exact) mass is 280 g/mol. The summed E-state index contributed by atoms with van der Waals surface area (Å²) < 4.78 is 0. The number of hydrogen-bond acceptors (Lipinski definition) is 6. The number of nitrogens with zero attached hydrogens (tertiary/aromatic N) is 3. The van der Waals surface area contributed by atoms with E-state index in [2.05, 4.69) is 25.7 Å². The largest absolute Gasteiger partial charge is 0.340 e. The molecule has 0 bridgehead atoms. The van der Waals surface area contributed by atoms with Gasteiger partial charge in [0.25, 0.3) is 0 Å².